The Bertz CT molecular complexity index is 646. The van der Waals surface area contributed by atoms with Gasteiger partial charge in [0.15, 0.2) is 0 Å². The minimum absolute atomic E-state index is 0.531. The van der Waals surface area contributed by atoms with E-state index in [2.05, 4.69) is 25.9 Å². The molecule has 1 aromatic heterocycles. The Morgan fingerprint density at radius 3 is 2.85 bits per heavy atom. The number of hydrogen-bond donors (Lipinski definition) is 1. The smallest absolute Gasteiger partial charge is 0.141 e. The van der Waals surface area contributed by atoms with Crippen LogP contribution in [0.2, 0.25) is 5.02 Å². The Balaban J connectivity index is 1.77. The Labute approximate surface area is 135 Å². The summed E-state index contributed by atoms with van der Waals surface area (Å²) in [7, 11) is 0. The summed E-state index contributed by atoms with van der Waals surface area (Å²) >= 11 is 11.1. The number of nitrogens with two attached hydrogens (primary N) is 1. The van der Waals surface area contributed by atoms with Crippen LogP contribution in [-0.4, -0.2) is 9.97 Å². The zero-order valence-electron chi connectivity index (χ0n) is 10.6. The van der Waals surface area contributed by atoms with Crippen molar-refractivity contribution >= 4 is 45.1 Å². The van der Waals surface area contributed by atoms with Gasteiger partial charge < -0.3 is 5.73 Å². The number of thioether (sulfide) groups is 1. The lowest BCUT2D eigenvalue weighted by Gasteiger charge is -2.08. The Morgan fingerprint density at radius 1 is 1.35 bits per heavy atom. The number of hydrogen-bond acceptors (Lipinski definition) is 4. The van der Waals surface area contributed by atoms with E-state index in [0.29, 0.717) is 17.5 Å². The molecule has 0 aliphatic heterocycles. The van der Waals surface area contributed by atoms with Crippen molar-refractivity contribution in [2.24, 2.45) is 0 Å². The maximum atomic E-state index is 5.98. The van der Waals surface area contributed by atoms with Gasteiger partial charge in [0.25, 0.3) is 0 Å². The molecular formula is C14H13BrClN3S. The second-order valence-electron chi connectivity index (χ2n) is 4.74. The summed E-state index contributed by atoms with van der Waals surface area (Å²) in [4.78, 5) is 10.1. The molecule has 20 heavy (non-hydrogen) atoms. The highest BCUT2D eigenvalue weighted by Crippen LogP contribution is 2.43. The number of benzene rings is 1. The predicted octanol–water partition coefficient (Wildman–Crippen LogP) is 4.64. The first-order valence-corrected chi connectivity index (χ1v) is 8.49. The van der Waals surface area contributed by atoms with Gasteiger partial charge in [0.2, 0.25) is 0 Å². The summed E-state index contributed by atoms with van der Waals surface area (Å²) in [6, 6.07) is 7.78. The van der Waals surface area contributed by atoms with Crippen LogP contribution in [0.3, 0.4) is 0 Å². The minimum Gasteiger partial charge on any atom is -0.383 e. The molecule has 2 N–H and O–H groups in total. The van der Waals surface area contributed by atoms with Gasteiger partial charge in [-0.3, -0.25) is 0 Å². The quantitative estimate of drug-likeness (QED) is 0.796. The molecular weight excluding hydrogens is 358 g/mol. The van der Waals surface area contributed by atoms with Gasteiger partial charge in [-0.15, -0.1) is 11.8 Å². The van der Waals surface area contributed by atoms with Crippen molar-refractivity contribution in [3.8, 4) is 0 Å². The van der Waals surface area contributed by atoms with Crippen LogP contribution in [0, 0.1) is 0 Å². The lowest BCUT2D eigenvalue weighted by molar-refractivity contribution is 0.926. The van der Waals surface area contributed by atoms with E-state index in [9.17, 15) is 0 Å². The molecule has 0 bridgehead atoms. The number of nitrogens with zero attached hydrogens (tertiary/aromatic N) is 2. The SMILES string of the molecule is Nc1nc(CSc2cccc(Cl)c2)nc(C2CC2)c1Br. The van der Waals surface area contributed by atoms with Crippen LogP contribution in [0.4, 0.5) is 5.82 Å². The van der Waals surface area contributed by atoms with Crippen molar-refractivity contribution in [3.63, 3.8) is 0 Å². The molecule has 0 radical (unpaired) electrons. The molecule has 1 aliphatic carbocycles. The van der Waals surface area contributed by atoms with Gasteiger partial charge in [0.05, 0.1) is 15.9 Å². The van der Waals surface area contributed by atoms with Crippen molar-refractivity contribution in [2.45, 2.75) is 29.4 Å². The normalized spacial score (nSPS) is 14.5. The molecule has 104 valence electrons. The summed E-state index contributed by atoms with van der Waals surface area (Å²) in [5.41, 5.74) is 7.01. The van der Waals surface area contributed by atoms with E-state index in [1.165, 1.54) is 12.8 Å². The third kappa shape index (κ3) is 3.27. The highest BCUT2D eigenvalue weighted by Gasteiger charge is 2.28. The predicted molar refractivity (Wildman–Crippen MR) is 87.1 cm³/mol. The topological polar surface area (TPSA) is 51.8 Å². The maximum Gasteiger partial charge on any atom is 0.141 e. The van der Waals surface area contributed by atoms with E-state index in [0.717, 1.165) is 25.9 Å². The lowest BCUT2D eigenvalue weighted by Crippen LogP contribution is -2.04. The molecule has 2 aromatic rings. The molecule has 0 unspecified atom stereocenters. The fraction of sp³-hybridized carbons (Fsp3) is 0.286. The first-order chi connectivity index (χ1) is 9.63. The number of rotatable bonds is 4. The van der Waals surface area contributed by atoms with E-state index in [1.807, 2.05) is 24.3 Å². The minimum atomic E-state index is 0.531. The fourth-order valence-electron chi connectivity index (χ4n) is 1.93. The summed E-state index contributed by atoms with van der Waals surface area (Å²) in [5.74, 6) is 2.54. The highest BCUT2D eigenvalue weighted by atomic mass is 79.9. The second-order valence-corrected chi connectivity index (χ2v) is 7.02. The Hall–Kier alpha value is -0.780. The molecule has 1 heterocycles. The van der Waals surface area contributed by atoms with Crippen LogP contribution < -0.4 is 5.73 Å². The van der Waals surface area contributed by atoms with Crippen LogP contribution in [-0.2, 0) is 5.75 Å². The summed E-state index contributed by atoms with van der Waals surface area (Å²) in [6.07, 6.45) is 2.38. The van der Waals surface area contributed by atoms with Crippen molar-refractivity contribution in [1.82, 2.24) is 9.97 Å². The molecule has 6 heteroatoms. The van der Waals surface area contributed by atoms with E-state index in [4.69, 9.17) is 17.3 Å². The van der Waals surface area contributed by atoms with E-state index < -0.39 is 0 Å². The molecule has 3 rings (SSSR count). The average Bonchev–Trinajstić information content (AvgIpc) is 3.24. The van der Waals surface area contributed by atoms with Crippen molar-refractivity contribution < 1.29 is 0 Å². The zero-order chi connectivity index (χ0) is 14.1. The monoisotopic (exact) mass is 369 g/mol. The first-order valence-electron chi connectivity index (χ1n) is 6.33. The molecule has 0 saturated heterocycles. The number of anilines is 1. The number of aromatic nitrogens is 2. The third-order valence-corrected chi connectivity index (χ3v) is 5.11. The molecule has 0 spiro atoms. The molecule has 1 aliphatic rings. The second kappa shape index (κ2) is 5.92. The Morgan fingerprint density at radius 2 is 2.15 bits per heavy atom. The van der Waals surface area contributed by atoms with Gasteiger partial charge in [-0.05, 0) is 47.0 Å². The molecule has 3 nitrogen and oxygen atoms in total. The standard InChI is InChI=1S/C14H13BrClN3S/c15-12-13(8-4-5-8)18-11(19-14(12)17)7-20-10-3-1-2-9(16)6-10/h1-3,6,8H,4-5,7H2,(H2,17,18,19). The van der Waals surface area contributed by atoms with E-state index in [1.54, 1.807) is 11.8 Å². The average molecular weight is 371 g/mol. The lowest BCUT2D eigenvalue weighted by atomic mass is 10.3. The highest BCUT2D eigenvalue weighted by molar-refractivity contribution is 9.10. The zero-order valence-corrected chi connectivity index (χ0v) is 13.8. The summed E-state index contributed by atoms with van der Waals surface area (Å²) in [5, 5.41) is 0.741. The van der Waals surface area contributed by atoms with Gasteiger partial charge in [-0.25, -0.2) is 9.97 Å². The van der Waals surface area contributed by atoms with Crippen LogP contribution in [0.25, 0.3) is 0 Å². The van der Waals surface area contributed by atoms with E-state index in [-0.39, 0.29) is 0 Å². The summed E-state index contributed by atoms with van der Waals surface area (Å²) in [6.45, 7) is 0. The van der Waals surface area contributed by atoms with Crippen molar-refractivity contribution in [1.29, 1.82) is 0 Å². The van der Waals surface area contributed by atoms with Crippen LogP contribution in [0.1, 0.15) is 30.3 Å². The van der Waals surface area contributed by atoms with Crippen LogP contribution >= 0.6 is 39.3 Å². The van der Waals surface area contributed by atoms with Crippen LogP contribution in [0.5, 0.6) is 0 Å². The summed E-state index contributed by atoms with van der Waals surface area (Å²) < 4.78 is 0.858. The number of halogens is 2. The largest absolute Gasteiger partial charge is 0.383 e. The maximum absolute atomic E-state index is 5.98. The van der Waals surface area contributed by atoms with Gasteiger partial charge in [-0.1, -0.05) is 17.7 Å². The van der Waals surface area contributed by atoms with Crippen molar-refractivity contribution in [3.05, 3.63) is 45.3 Å². The molecule has 1 aromatic carbocycles. The molecule has 1 fully saturated rings. The number of nitrogen functional groups attached to an aromatic ring is 1. The van der Waals surface area contributed by atoms with Gasteiger partial charge in [0, 0.05) is 15.8 Å². The first kappa shape index (κ1) is 14.2. The van der Waals surface area contributed by atoms with Gasteiger partial charge >= 0.3 is 0 Å². The third-order valence-electron chi connectivity index (χ3n) is 3.08. The fourth-order valence-corrected chi connectivity index (χ4v) is 3.49. The van der Waals surface area contributed by atoms with E-state index >= 15 is 0 Å². The van der Waals surface area contributed by atoms with Crippen molar-refractivity contribution in [2.75, 3.05) is 5.73 Å². The van der Waals surface area contributed by atoms with Gasteiger partial charge in [0.1, 0.15) is 11.6 Å². The van der Waals surface area contributed by atoms with Gasteiger partial charge in [-0.2, -0.15) is 0 Å². The van der Waals surface area contributed by atoms with Crippen LogP contribution in [0.15, 0.2) is 33.6 Å². The molecule has 1 saturated carbocycles. The molecule has 0 atom stereocenters. The Kier molecular flexibility index (Phi) is 4.19. The molecule has 0 amide bonds.